The summed E-state index contributed by atoms with van der Waals surface area (Å²) in [5.41, 5.74) is 2.46. The first kappa shape index (κ1) is 7.61. The summed E-state index contributed by atoms with van der Waals surface area (Å²) in [7, 11) is 0. The summed E-state index contributed by atoms with van der Waals surface area (Å²) in [5, 5.41) is 0. The Morgan fingerprint density at radius 1 is 1.08 bits per heavy atom. The fourth-order valence-electron chi connectivity index (χ4n) is 3.44. The van der Waals surface area contributed by atoms with Gasteiger partial charge in [-0.3, -0.25) is 0 Å². The topological polar surface area (TPSA) is 0 Å². The van der Waals surface area contributed by atoms with E-state index in [0.29, 0.717) is 10.8 Å². The molecule has 0 aromatic carbocycles. The van der Waals surface area contributed by atoms with Crippen molar-refractivity contribution in [2.75, 3.05) is 0 Å². The second kappa shape index (κ2) is 2.17. The van der Waals surface area contributed by atoms with Gasteiger partial charge in [-0.2, -0.15) is 0 Å². The highest BCUT2D eigenvalue weighted by Gasteiger charge is 2.55. The van der Waals surface area contributed by atoms with Gasteiger partial charge in [0.2, 0.25) is 0 Å². The second-order valence-electron chi connectivity index (χ2n) is 4.76. The SMILES string of the molecule is CC1=CC=C[C@]23C=C[C@@]12CCCC3. The normalized spacial score (nSPS) is 46.1. The molecule has 3 aliphatic carbocycles. The maximum Gasteiger partial charge on any atom is 0.0217 e. The average Bonchev–Trinajstić information content (AvgIpc) is 2.11. The molecule has 0 radical (unpaired) electrons. The van der Waals surface area contributed by atoms with Crippen LogP contribution >= 0.6 is 0 Å². The minimum atomic E-state index is 0.435. The third-order valence-corrected chi connectivity index (χ3v) is 4.35. The highest BCUT2D eigenvalue weighted by molar-refractivity contribution is 5.47. The van der Waals surface area contributed by atoms with Crippen molar-refractivity contribution in [3.05, 3.63) is 36.0 Å². The highest BCUT2D eigenvalue weighted by atomic mass is 14.6. The highest BCUT2D eigenvalue weighted by Crippen LogP contribution is 2.64. The monoisotopic (exact) mass is 172 g/mol. The molecule has 2 atom stereocenters. The van der Waals surface area contributed by atoms with Crippen molar-refractivity contribution in [2.45, 2.75) is 32.6 Å². The molecule has 0 aromatic heterocycles. The summed E-state index contributed by atoms with van der Waals surface area (Å²) >= 11 is 0. The lowest BCUT2D eigenvalue weighted by atomic mass is 9.46. The van der Waals surface area contributed by atoms with Crippen LogP contribution in [0.25, 0.3) is 0 Å². The van der Waals surface area contributed by atoms with Gasteiger partial charge in [0.15, 0.2) is 0 Å². The standard InChI is InChI=1S/C13H16/c1-11-5-4-7-12-6-2-3-8-13(11,12)10-9-12/h4-5,7,9-10H,2-3,6,8H2,1H3/t12-,13+/m1/s1. The minimum Gasteiger partial charge on any atom is -0.0764 e. The Bertz CT molecular complexity index is 332. The molecule has 0 saturated heterocycles. The molecule has 3 aliphatic rings. The first-order valence-electron chi connectivity index (χ1n) is 5.36. The Labute approximate surface area is 80.0 Å². The van der Waals surface area contributed by atoms with E-state index in [2.05, 4.69) is 37.3 Å². The molecule has 0 unspecified atom stereocenters. The van der Waals surface area contributed by atoms with E-state index in [1.807, 2.05) is 0 Å². The number of hydrogen-bond acceptors (Lipinski definition) is 0. The second-order valence-corrected chi connectivity index (χ2v) is 4.76. The van der Waals surface area contributed by atoms with Crippen LogP contribution in [-0.2, 0) is 0 Å². The Kier molecular flexibility index (Phi) is 1.27. The summed E-state index contributed by atoms with van der Waals surface area (Å²) in [6.45, 7) is 2.30. The van der Waals surface area contributed by atoms with Gasteiger partial charge in [-0.15, -0.1) is 0 Å². The molecule has 0 amide bonds. The molecule has 0 heterocycles. The van der Waals surface area contributed by atoms with Gasteiger partial charge in [0.05, 0.1) is 0 Å². The van der Waals surface area contributed by atoms with E-state index in [1.165, 1.54) is 25.7 Å². The smallest absolute Gasteiger partial charge is 0.0217 e. The fraction of sp³-hybridized carbons (Fsp3) is 0.538. The summed E-state index contributed by atoms with van der Waals surface area (Å²) in [5.74, 6) is 0. The molecule has 0 heteroatoms. The molecule has 0 aromatic rings. The molecule has 3 rings (SSSR count). The zero-order valence-corrected chi connectivity index (χ0v) is 8.22. The van der Waals surface area contributed by atoms with Crippen LogP contribution in [0, 0.1) is 10.8 Å². The Morgan fingerprint density at radius 3 is 2.62 bits per heavy atom. The molecule has 0 N–H and O–H groups in total. The van der Waals surface area contributed by atoms with Crippen LogP contribution in [-0.4, -0.2) is 0 Å². The van der Waals surface area contributed by atoms with Crippen LogP contribution < -0.4 is 0 Å². The van der Waals surface area contributed by atoms with Crippen molar-refractivity contribution in [1.29, 1.82) is 0 Å². The summed E-state index contributed by atoms with van der Waals surface area (Å²) < 4.78 is 0. The lowest BCUT2D eigenvalue weighted by Gasteiger charge is -2.58. The maximum absolute atomic E-state index is 2.45. The van der Waals surface area contributed by atoms with Gasteiger partial charge in [0, 0.05) is 10.8 Å². The van der Waals surface area contributed by atoms with E-state index in [1.54, 1.807) is 5.57 Å². The summed E-state index contributed by atoms with van der Waals surface area (Å²) in [6, 6.07) is 0. The summed E-state index contributed by atoms with van der Waals surface area (Å²) in [6.07, 6.45) is 17.4. The Hall–Kier alpha value is -0.780. The number of hydrogen-bond donors (Lipinski definition) is 0. The van der Waals surface area contributed by atoms with Crippen molar-refractivity contribution in [3.8, 4) is 0 Å². The largest absolute Gasteiger partial charge is 0.0764 e. The third-order valence-electron chi connectivity index (χ3n) is 4.35. The quantitative estimate of drug-likeness (QED) is 0.489. The number of rotatable bonds is 0. The first-order chi connectivity index (χ1) is 6.29. The van der Waals surface area contributed by atoms with Crippen molar-refractivity contribution in [1.82, 2.24) is 0 Å². The van der Waals surface area contributed by atoms with Gasteiger partial charge in [0.25, 0.3) is 0 Å². The van der Waals surface area contributed by atoms with Crippen LogP contribution in [0.2, 0.25) is 0 Å². The van der Waals surface area contributed by atoms with Crippen LogP contribution in [0.5, 0.6) is 0 Å². The molecule has 0 bridgehead atoms. The van der Waals surface area contributed by atoms with E-state index in [0.717, 1.165) is 0 Å². The minimum absolute atomic E-state index is 0.435. The van der Waals surface area contributed by atoms with Crippen molar-refractivity contribution < 1.29 is 0 Å². The molecular weight excluding hydrogens is 156 g/mol. The predicted molar refractivity (Wildman–Crippen MR) is 55.4 cm³/mol. The van der Waals surface area contributed by atoms with Gasteiger partial charge < -0.3 is 0 Å². The van der Waals surface area contributed by atoms with Gasteiger partial charge in [0.1, 0.15) is 0 Å². The van der Waals surface area contributed by atoms with E-state index in [-0.39, 0.29) is 0 Å². The van der Waals surface area contributed by atoms with E-state index in [4.69, 9.17) is 0 Å². The van der Waals surface area contributed by atoms with Gasteiger partial charge >= 0.3 is 0 Å². The van der Waals surface area contributed by atoms with Crippen molar-refractivity contribution in [3.63, 3.8) is 0 Å². The predicted octanol–water partition coefficient (Wildman–Crippen LogP) is 3.62. The van der Waals surface area contributed by atoms with E-state index >= 15 is 0 Å². The molecule has 0 nitrogen and oxygen atoms in total. The third kappa shape index (κ3) is 0.688. The molecule has 68 valence electrons. The maximum atomic E-state index is 2.45. The van der Waals surface area contributed by atoms with Crippen LogP contribution in [0.4, 0.5) is 0 Å². The lowest BCUT2D eigenvalue weighted by Crippen LogP contribution is -2.48. The zero-order chi connectivity index (χ0) is 8.94. The molecule has 0 aliphatic heterocycles. The zero-order valence-electron chi connectivity index (χ0n) is 8.22. The van der Waals surface area contributed by atoms with Gasteiger partial charge in [-0.25, -0.2) is 0 Å². The lowest BCUT2D eigenvalue weighted by molar-refractivity contribution is 0.122. The summed E-state index contributed by atoms with van der Waals surface area (Å²) in [4.78, 5) is 0. The fourth-order valence-corrected chi connectivity index (χ4v) is 3.44. The first-order valence-corrected chi connectivity index (χ1v) is 5.36. The van der Waals surface area contributed by atoms with E-state index in [9.17, 15) is 0 Å². The Morgan fingerprint density at radius 2 is 1.92 bits per heavy atom. The molecule has 13 heavy (non-hydrogen) atoms. The molecule has 0 spiro atoms. The molecule has 1 saturated carbocycles. The van der Waals surface area contributed by atoms with Crippen LogP contribution in [0.1, 0.15) is 32.6 Å². The Balaban J connectivity index is 2.15. The van der Waals surface area contributed by atoms with Crippen molar-refractivity contribution in [2.24, 2.45) is 10.8 Å². The molecular formula is C13H16. The van der Waals surface area contributed by atoms with Crippen molar-refractivity contribution >= 4 is 0 Å². The average molecular weight is 172 g/mol. The van der Waals surface area contributed by atoms with E-state index < -0.39 is 0 Å². The van der Waals surface area contributed by atoms with Crippen LogP contribution in [0.15, 0.2) is 36.0 Å². The number of allylic oxidation sites excluding steroid dienone is 6. The van der Waals surface area contributed by atoms with Crippen LogP contribution in [0.3, 0.4) is 0 Å². The van der Waals surface area contributed by atoms with Gasteiger partial charge in [-0.05, 0) is 19.8 Å². The molecule has 1 fully saturated rings. The van der Waals surface area contributed by atoms with Gasteiger partial charge in [-0.1, -0.05) is 48.8 Å².